The van der Waals surface area contributed by atoms with Gasteiger partial charge in [-0.1, -0.05) is 11.6 Å². The van der Waals surface area contributed by atoms with Crippen LogP contribution in [0, 0.1) is 17.5 Å². The van der Waals surface area contributed by atoms with Gasteiger partial charge in [-0.25, -0.2) is 18.0 Å². The van der Waals surface area contributed by atoms with Crippen LogP contribution < -0.4 is 21.1 Å². The van der Waals surface area contributed by atoms with E-state index in [-0.39, 0.29) is 53.7 Å². The zero-order valence-corrected chi connectivity index (χ0v) is 21.3. The second-order valence-corrected chi connectivity index (χ2v) is 8.59. The molecule has 0 fully saturated rings. The zero-order chi connectivity index (χ0) is 27.3. The summed E-state index contributed by atoms with van der Waals surface area (Å²) in [5.74, 6) is -2.85. The Balaban J connectivity index is 1.84. The van der Waals surface area contributed by atoms with Crippen LogP contribution in [0.3, 0.4) is 0 Å². The minimum absolute atomic E-state index is 0.0107. The van der Waals surface area contributed by atoms with E-state index in [4.69, 9.17) is 22.1 Å². The first-order valence-corrected chi connectivity index (χ1v) is 11.8. The van der Waals surface area contributed by atoms with Crippen LogP contribution in [-0.2, 0) is 0 Å². The van der Waals surface area contributed by atoms with Crippen molar-refractivity contribution in [3.05, 3.63) is 75.2 Å². The minimum Gasteiger partial charge on any atom is -0.490 e. The number of amides is 3. The molecule has 3 rings (SSSR count). The predicted molar refractivity (Wildman–Crippen MR) is 135 cm³/mol. The lowest BCUT2D eigenvalue weighted by molar-refractivity contribution is 0.0706. The van der Waals surface area contributed by atoms with Crippen LogP contribution in [0.2, 0.25) is 5.02 Å². The van der Waals surface area contributed by atoms with Gasteiger partial charge in [0.05, 0.1) is 28.9 Å². The van der Waals surface area contributed by atoms with Crippen LogP contribution >= 0.6 is 11.6 Å². The fraction of sp³-hybridized carbons (Fsp3) is 0.320. The second kappa shape index (κ2) is 12.0. The Labute approximate surface area is 217 Å². The fourth-order valence-corrected chi connectivity index (χ4v) is 4.29. The maximum absolute atomic E-state index is 14.4. The van der Waals surface area contributed by atoms with Gasteiger partial charge in [-0.3, -0.25) is 9.79 Å². The third-order valence-electron chi connectivity index (χ3n) is 5.88. The summed E-state index contributed by atoms with van der Waals surface area (Å²) in [4.78, 5) is 30.3. The Bertz CT molecular complexity index is 1250. The normalized spacial score (nSPS) is 16.0. The molecule has 12 heteroatoms. The summed E-state index contributed by atoms with van der Waals surface area (Å²) < 4.78 is 47.4. The Morgan fingerprint density at radius 3 is 2.43 bits per heavy atom. The smallest absolute Gasteiger partial charge is 0.314 e. The van der Waals surface area contributed by atoms with Crippen molar-refractivity contribution in [1.29, 1.82) is 0 Å². The van der Waals surface area contributed by atoms with Gasteiger partial charge in [-0.05, 0) is 31.5 Å². The molecule has 0 spiro atoms. The van der Waals surface area contributed by atoms with Gasteiger partial charge >= 0.3 is 6.03 Å². The van der Waals surface area contributed by atoms with Gasteiger partial charge in [0.1, 0.15) is 29.8 Å². The maximum Gasteiger partial charge on any atom is 0.314 e. The summed E-state index contributed by atoms with van der Waals surface area (Å²) in [6.45, 7) is 1.97. The van der Waals surface area contributed by atoms with Gasteiger partial charge in [-0.15, -0.1) is 0 Å². The first-order valence-electron chi connectivity index (χ1n) is 11.4. The molecule has 2 aromatic rings. The van der Waals surface area contributed by atoms with Gasteiger partial charge in [0.15, 0.2) is 0 Å². The number of aliphatic imine (C=N–C) groups is 1. The summed E-state index contributed by atoms with van der Waals surface area (Å²) in [6.07, 6.45) is 0.244. The highest BCUT2D eigenvalue weighted by Gasteiger charge is 2.32. The average Bonchev–Trinajstić information content (AvgIpc) is 2.85. The van der Waals surface area contributed by atoms with Crippen molar-refractivity contribution in [3.8, 4) is 5.75 Å². The number of urea groups is 1. The maximum atomic E-state index is 14.4. The third kappa shape index (κ3) is 6.34. The predicted octanol–water partition coefficient (Wildman–Crippen LogP) is 3.63. The van der Waals surface area contributed by atoms with Crippen LogP contribution in [-0.4, -0.2) is 62.4 Å². The number of ether oxygens (including phenoxy) is 1. The number of hydrogen-bond acceptors (Lipinski definition) is 5. The summed E-state index contributed by atoms with van der Waals surface area (Å²) in [6, 6.07) is 4.08. The standard InChI is InChI=1S/C25H27ClF3N5O3/c1-13-22(30)18(23(31-2)14-8-15(27)10-16(28)9-14)4-6-34(13)24(35)19-11-17(29)12-20(21(19)26)37-7-5-33-25(36)32-3/h8-13H,4-7,30H2,1-3H3,(H2,32,33,36)/t13-/m0/s1. The van der Waals surface area contributed by atoms with Crippen molar-refractivity contribution in [2.24, 2.45) is 10.7 Å². The molecule has 0 bridgehead atoms. The van der Waals surface area contributed by atoms with Gasteiger partial charge in [0.25, 0.3) is 5.91 Å². The van der Waals surface area contributed by atoms with Gasteiger partial charge in [-0.2, -0.15) is 0 Å². The Morgan fingerprint density at radius 2 is 1.81 bits per heavy atom. The van der Waals surface area contributed by atoms with E-state index in [0.29, 0.717) is 11.3 Å². The monoisotopic (exact) mass is 537 g/mol. The molecule has 8 nitrogen and oxygen atoms in total. The number of nitrogens with two attached hydrogens (primary N) is 1. The highest BCUT2D eigenvalue weighted by Crippen LogP contribution is 2.33. The molecule has 0 saturated heterocycles. The number of halogens is 4. The molecule has 0 aliphatic carbocycles. The number of benzene rings is 2. The van der Waals surface area contributed by atoms with Crippen molar-refractivity contribution in [1.82, 2.24) is 15.5 Å². The number of rotatable bonds is 7. The van der Waals surface area contributed by atoms with Crippen molar-refractivity contribution >= 4 is 29.3 Å². The largest absolute Gasteiger partial charge is 0.490 e. The van der Waals surface area contributed by atoms with E-state index >= 15 is 0 Å². The highest BCUT2D eigenvalue weighted by molar-refractivity contribution is 6.35. The first kappa shape index (κ1) is 27.9. The van der Waals surface area contributed by atoms with E-state index in [1.54, 1.807) is 6.92 Å². The van der Waals surface area contributed by atoms with Crippen molar-refractivity contribution in [3.63, 3.8) is 0 Å². The minimum atomic E-state index is -0.751. The fourth-order valence-electron chi connectivity index (χ4n) is 4.05. The van der Waals surface area contributed by atoms with E-state index in [0.717, 1.165) is 30.3 Å². The molecule has 0 aromatic heterocycles. The topological polar surface area (TPSA) is 109 Å². The van der Waals surface area contributed by atoms with E-state index in [9.17, 15) is 22.8 Å². The van der Waals surface area contributed by atoms with E-state index in [2.05, 4.69) is 15.6 Å². The van der Waals surface area contributed by atoms with Crippen LogP contribution in [0.1, 0.15) is 29.3 Å². The second-order valence-electron chi connectivity index (χ2n) is 8.21. The first-order chi connectivity index (χ1) is 17.6. The molecular formula is C25H27ClF3N5O3. The molecule has 3 amide bonds. The molecule has 1 aliphatic heterocycles. The van der Waals surface area contributed by atoms with Crippen molar-refractivity contribution in [2.75, 3.05) is 33.8 Å². The van der Waals surface area contributed by atoms with Crippen molar-refractivity contribution in [2.45, 2.75) is 19.4 Å². The number of hydrogen-bond donors (Lipinski definition) is 3. The van der Waals surface area contributed by atoms with Crippen molar-refractivity contribution < 1.29 is 27.5 Å². The molecule has 0 unspecified atom stereocenters. The highest BCUT2D eigenvalue weighted by atomic mass is 35.5. The lowest BCUT2D eigenvalue weighted by Gasteiger charge is -2.36. The number of carbonyl (C=O) groups excluding carboxylic acids is 2. The molecule has 2 aromatic carbocycles. The summed E-state index contributed by atoms with van der Waals surface area (Å²) in [5.41, 5.74) is 7.65. The molecule has 0 saturated carbocycles. The summed E-state index contributed by atoms with van der Waals surface area (Å²) >= 11 is 6.39. The summed E-state index contributed by atoms with van der Waals surface area (Å²) in [7, 11) is 2.94. The Kier molecular flexibility index (Phi) is 9.04. The summed E-state index contributed by atoms with van der Waals surface area (Å²) in [5, 5.41) is 4.81. The Hall–Kier alpha value is -3.73. The average molecular weight is 538 g/mol. The number of carbonyl (C=O) groups is 2. The molecule has 4 N–H and O–H groups in total. The van der Waals surface area contributed by atoms with Crippen LogP contribution in [0.4, 0.5) is 18.0 Å². The molecule has 1 aliphatic rings. The Morgan fingerprint density at radius 1 is 1.16 bits per heavy atom. The lowest BCUT2D eigenvalue weighted by Crippen LogP contribution is -2.46. The SMILES string of the molecule is CN=C(C1=C(N)[C@H](C)N(C(=O)c2cc(F)cc(OCCNC(=O)NC)c2Cl)CC1)c1cc(F)cc(F)c1. The quantitative estimate of drug-likeness (QED) is 0.370. The van der Waals surface area contributed by atoms with Crippen LogP contribution in [0.25, 0.3) is 0 Å². The van der Waals surface area contributed by atoms with Gasteiger partial charge in [0.2, 0.25) is 0 Å². The van der Waals surface area contributed by atoms with E-state index in [1.807, 2.05) is 0 Å². The van der Waals surface area contributed by atoms with Crippen LogP contribution in [0.15, 0.2) is 46.6 Å². The van der Waals surface area contributed by atoms with E-state index in [1.165, 1.54) is 19.0 Å². The third-order valence-corrected chi connectivity index (χ3v) is 6.27. The van der Waals surface area contributed by atoms with Crippen LogP contribution in [0.5, 0.6) is 5.75 Å². The molecule has 0 radical (unpaired) electrons. The lowest BCUT2D eigenvalue weighted by atomic mass is 9.91. The molecule has 198 valence electrons. The molecule has 37 heavy (non-hydrogen) atoms. The molecule has 1 heterocycles. The van der Waals surface area contributed by atoms with Gasteiger partial charge < -0.3 is 26.0 Å². The molecular weight excluding hydrogens is 511 g/mol. The zero-order valence-electron chi connectivity index (χ0n) is 20.5. The number of nitrogens with zero attached hydrogens (tertiary/aromatic N) is 2. The number of nitrogens with one attached hydrogen (secondary N) is 2. The molecule has 1 atom stereocenters. The van der Waals surface area contributed by atoms with E-state index < -0.39 is 35.4 Å². The van der Waals surface area contributed by atoms with Gasteiger partial charge in [0, 0.05) is 49.6 Å².